The average molecular weight is 292 g/mol. The fourth-order valence-electron chi connectivity index (χ4n) is 2.09. The molecule has 2 rings (SSSR count). The van der Waals surface area contributed by atoms with Crippen molar-refractivity contribution in [2.45, 2.75) is 45.8 Å². The molecule has 0 bridgehead atoms. The van der Waals surface area contributed by atoms with Crippen LogP contribution in [-0.2, 0) is 4.74 Å². The first kappa shape index (κ1) is 15.6. The molecule has 5 heteroatoms. The number of anilines is 1. The minimum Gasteiger partial charge on any atom is -0.485 e. The van der Waals surface area contributed by atoms with Gasteiger partial charge < -0.3 is 14.8 Å². The molecule has 0 radical (unpaired) electrons. The largest absolute Gasteiger partial charge is 0.485 e. The van der Waals surface area contributed by atoms with Gasteiger partial charge in [0.15, 0.2) is 0 Å². The summed E-state index contributed by atoms with van der Waals surface area (Å²) in [5.74, 6) is 0.811. The molecule has 0 atom stereocenters. The molecule has 0 unspecified atom stereocenters. The van der Waals surface area contributed by atoms with Crippen molar-refractivity contribution >= 4 is 11.8 Å². The lowest BCUT2D eigenvalue weighted by molar-refractivity contribution is 0.0348. The Morgan fingerprint density at radius 1 is 1.33 bits per heavy atom. The van der Waals surface area contributed by atoms with E-state index in [4.69, 9.17) is 9.47 Å². The summed E-state index contributed by atoms with van der Waals surface area (Å²) in [6, 6.07) is 5.63. The van der Waals surface area contributed by atoms with E-state index in [9.17, 15) is 4.79 Å². The van der Waals surface area contributed by atoms with E-state index in [1.807, 2.05) is 45.9 Å². The van der Waals surface area contributed by atoms with E-state index < -0.39 is 11.7 Å². The second-order valence-corrected chi connectivity index (χ2v) is 6.76. The first-order valence-corrected chi connectivity index (χ1v) is 7.17. The second-order valence-electron chi connectivity index (χ2n) is 6.76. The van der Waals surface area contributed by atoms with Gasteiger partial charge in [0.1, 0.15) is 17.0 Å². The summed E-state index contributed by atoms with van der Waals surface area (Å²) in [5, 5.41) is 5.95. The number of carbonyl (C=O) groups is 1. The van der Waals surface area contributed by atoms with E-state index in [1.54, 1.807) is 0 Å². The monoisotopic (exact) mass is 292 g/mol. The standard InChI is InChI=1S/C16H24N2O3/c1-11-8-12(20-16(5)9-17-10-16)6-7-13(11)18-14(19)21-15(2,3)4/h6-8,17H,9-10H2,1-5H3,(H,18,19). The van der Waals surface area contributed by atoms with Crippen LogP contribution in [-0.4, -0.2) is 30.4 Å². The predicted molar refractivity (Wildman–Crippen MR) is 82.9 cm³/mol. The quantitative estimate of drug-likeness (QED) is 0.899. The number of amides is 1. The number of aryl methyl sites for hydroxylation is 1. The maximum atomic E-state index is 11.8. The molecule has 1 heterocycles. The molecule has 0 aromatic heterocycles. The molecule has 1 fully saturated rings. The van der Waals surface area contributed by atoms with E-state index in [2.05, 4.69) is 17.6 Å². The molecule has 1 amide bonds. The van der Waals surface area contributed by atoms with Crippen LogP contribution >= 0.6 is 0 Å². The molecular formula is C16H24N2O3. The minimum absolute atomic E-state index is 0.132. The van der Waals surface area contributed by atoms with Gasteiger partial charge in [-0.25, -0.2) is 4.79 Å². The van der Waals surface area contributed by atoms with Gasteiger partial charge in [-0.1, -0.05) is 0 Å². The summed E-state index contributed by atoms with van der Waals surface area (Å²) in [4.78, 5) is 11.8. The molecule has 1 aromatic carbocycles. The van der Waals surface area contributed by atoms with Crippen LogP contribution in [0.15, 0.2) is 18.2 Å². The van der Waals surface area contributed by atoms with E-state index in [-0.39, 0.29) is 5.60 Å². The minimum atomic E-state index is -0.507. The summed E-state index contributed by atoms with van der Waals surface area (Å²) in [6.45, 7) is 11.2. The molecule has 1 aromatic rings. The van der Waals surface area contributed by atoms with Crippen molar-refractivity contribution in [1.29, 1.82) is 0 Å². The highest BCUT2D eigenvalue weighted by molar-refractivity contribution is 5.86. The smallest absolute Gasteiger partial charge is 0.412 e. The number of rotatable bonds is 3. The first-order chi connectivity index (χ1) is 9.67. The number of carbonyl (C=O) groups excluding carboxylic acids is 1. The Kier molecular flexibility index (Phi) is 4.14. The molecule has 21 heavy (non-hydrogen) atoms. The van der Waals surface area contributed by atoms with Gasteiger partial charge in [-0.3, -0.25) is 5.32 Å². The third kappa shape index (κ3) is 4.36. The SMILES string of the molecule is Cc1cc(OC2(C)CNC2)ccc1NC(=O)OC(C)(C)C. The van der Waals surface area contributed by atoms with Crippen LogP contribution in [0.2, 0.25) is 0 Å². The van der Waals surface area contributed by atoms with Crippen LogP contribution in [0.3, 0.4) is 0 Å². The van der Waals surface area contributed by atoms with Gasteiger partial charge in [-0.15, -0.1) is 0 Å². The molecule has 0 aliphatic carbocycles. The molecule has 0 spiro atoms. The van der Waals surface area contributed by atoms with Gasteiger partial charge >= 0.3 is 6.09 Å². The highest BCUT2D eigenvalue weighted by Crippen LogP contribution is 2.26. The maximum absolute atomic E-state index is 11.8. The Morgan fingerprint density at radius 2 is 2.00 bits per heavy atom. The Labute approximate surface area is 126 Å². The van der Waals surface area contributed by atoms with Crippen LogP contribution in [0.1, 0.15) is 33.3 Å². The van der Waals surface area contributed by atoms with Crippen LogP contribution in [0, 0.1) is 6.92 Å². The van der Waals surface area contributed by atoms with Crippen LogP contribution < -0.4 is 15.4 Å². The van der Waals surface area contributed by atoms with Crippen molar-refractivity contribution in [3.8, 4) is 5.75 Å². The molecule has 0 saturated carbocycles. The van der Waals surface area contributed by atoms with Gasteiger partial charge in [0, 0.05) is 18.8 Å². The first-order valence-electron chi connectivity index (χ1n) is 7.17. The third-order valence-corrected chi connectivity index (χ3v) is 3.20. The Bertz CT molecular complexity index is 531. The summed E-state index contributed by atoms with van der Waals surface area (Å²) < 4.78 is 11.2. The third-order valence-electron chi connectivity index (χ3n) is 3.20. The van der Waals surface area contributed by atoms with Crippen LogP contribution in [0.5, 0.6) is 5.75 Å². The zero-order valence-electron chi connectivity index (χ0n) is 13.4. The van der Waals surface area contributed by atoms with E-state index in [1.165, 1.54) is 0 Å². The highest BCUT2D eigenvalue weighted by atomic mass is 16.6. The summed E-state index contributed by atoms with van der Waals surface area (Å²) in [6.07, 6.45) is -0.450. The van der Waals surface area contributed by atoms with E-state index >= 15 is 0 Å². The average Bonchev–Trinajstić information content (AvgIpc) is 2.28. The zero-order valence-corrected chi connectivity index (χ0v) is 13.4. The van der Waals surface area contributed by atoms with Gasteiger partial charge in [-0.05, 0) is 58.4 Å². The summed E-state index contributed by atoms with van der Waals surface area (Å²) in [5.41, 5.74) is 1.03. The second kappa shape index (κ2) is 5.56. The van der Waals surface area contributed by atoms with Crippen molar-refractivity contribution in [1.82, 2.24) is 5.32 Å². The number of nitrogens with one attached hydrogen (secondary N) is 2. The van der Waals surface area contributed by atoms with Gasteiger partial charge in [0.2, 0.25) is 0 Å². The highest BCUT2D eigenvalue weighted by Gasteiger charge is 2.33. The van der Waals surface area contributed by atoms with Gasteiger partial charge in [-0.2, -0.15) is 0 Å². The predicted octanol–water partition coefficient (Wildman–Crippen LogP) is 3.08. The molecule has 1 aliphatic rings. The van der Waals surface area contributed by atoms with Gasteiger partial charge in [0.25, 0.3) is 0 Å². The molecule has 116 valence electrons. The van der Waals surface area contributed by atoms with Crippen molar-refractivity contribution < 1.29 is 14.3 Å². The topological polar surface area (TPSA) is 59.6 Å². The normalized spacial score (nSPS) is 16.8. The Hall–Kier alpha value is -1.75. The van der Waals surface area contributed by atoms with Crippen molar-refractivity contribution in [3.05, 3.63) is 23.8 Å². The Balaban J connectivity index is 2.00. The number of benzene rings is 1. The summed E-state index contributed by atoms with van der Waals surface area (Å²) >= 11 is 0. The fraction of sp³-hybridized carbons (Fsp3) is 0.562. The van der Waals surface area contributed by atoms with Crippen molar-refractivity contribution in [2.24, 2.45) is 0 Å². The molecule has 1 aliphatic heterocycles. The van der Waals surface area contributed by atoms with Crippen molar-refractivity contribution in [2.75, 3.05) is 18.4 Å². The van der Waals surface area contributed by atoms with E-state index in [0.717, 1.165) is 30.1 Å². The van der Waals surface area contributed by atoms with Crippen LogP contribution in [0.4, 0.5) is 10.5 Å². The van der Waals surface area contributed by atoms with Crippen LogP contribution in [0.25, 0.3) is 0 Å². The molecule has 1 saturated heterocycles. The lowest BCUT2D eigenvalue weighted by Crippen LogP contribution is -2.61. The number of hydrogen-bond acceptors (Lipinski definition) is 4. The lowest BCUT2D eigenvalue weighted by atomic mass is 10.00. The summed E-state index contributed by atoms with van der Waals surface area (Å²) in [7, 11) is 0. The Morgan fingerprint density at radius 3 is 2.48 bits per heavy atom. The maximum Gasteiger partial charge on any atom is 0.412 e. The molecule has 5 nitrogen and oxygen atoms in total. The molecular weight excluding hydrogens is 268 g/mol. The zero-order chi connectivity index (χ0) is 15.7. The number of hydrogen-bond donors (Lipinski definition) is 2. The fourth-order valence-corrected chi connectivity index (χ4v) is 2.09. The van der Waals surface area contributed by atoms with Gasteiger partial charge in [0.05, 0.1) is 0 Å². The number of ether oxygens (including phenoxy) is 2. The van der Waals surface area contributed by atoms with E-state index in [0.29, 0.717) is 0 Å². The molecule has 2 N–H and O–H groups in total. The van der Waals surface area contributed by atoms with Crippen molar-refractivity contribution in [3.63, 3.8) is 0 Å². The lowest BCUT2D eigenvalue weighted by Gasteiger charge is -2.39.